The number of rotatable bonds is 3. The topological polar surface area (TPSA) is 26.0 Å². The molecule has 1 saturated carbocycles. The Morgan fingerprint density at radius 3 is 2.79 bits per heavy atom. The first-order valence-corrected chi connectivity index (χ1v) is 5.09. The van der Waals surface area contributed by atoms with Crippen LogP contribution >= 0.6 is 0 Å². The van der Waals surface area contributed by atoms with E-state index >= 15 is 0 Å². The van der Waals surface area contributed by atoms with Crippen LogP contribution in [0.1, 0.15) is 24.0 Å². The Balaban J connectivity index is 2.03. The predicted molar refractivity (Wildman–Crippen MR) is 55.9 cm³/mol. The average molecular weight is 193 g/mol. The SMILES string of the molecule is Cc1cccc(CC(F)C2(N)CC2)c1. The molecule has 0 aromatic heterocycles. The van der Waals surface area contributed by atoms with Crippen LogP contribution in [0.2, 0.25) is 0 Å². The molecule has 0 heterocycles. The summed E-state index contributed by atoms with van der Waals surface area (Å²) in [6.45, 7) is 2.02. The zero-order valence-corrected chi connectivity index (χ0v) is 8.46. The van der Waals surface area contributed by atoms with Gasteiger partial charge in [0.1, 0.15) is 6.17 Å². The van der Waals surface area contributed by atoms with Gasteiger partial charge in [0.15, 0.2) is 0 Å². The normalized spacial score (nSPS) is 20.5. The van der Waals surface area contributed by atoms with E-state index in [0.717, 1.165) is 18.4 Å². The molecule has 2 heteroatoms. The van der Waals surface area contributed by atoms with E-state index in [1.807, 2.05) is 31.2 Å². The third-order valence-corrected chi connectivity index (χ3v) is 2.95. The lowest BCUT2D eigenvalue weighted by molar-refractivity contribution is 0.266. The van der Waals surface area contributed by atoms with Gasteiger partial charge < -0.3 is 5.73 Å². The minimum Gasteiger partial charge on any atom is -0.323 e. The lowest BCUT2D eigenvalue weighted by atomic mass is 10.0. The van der Waals surface area contributed by atoms with Crippen LogP contribution in [0.25, 0.3) is 0 Å². The van der Waals surface area contributed by atoms with Crippen molar-refractivity contribution in [3.8, 4) is 0 Å². The summed E-state index contributed by atoms with van der Waals surface area (Å²) >= 11 is 0. The van der Waals surface area contributed by atoms with E-state index in [-0.39, 0.29) is 0 Å². The Labute approximate surface area is 84.1 Å². The maximum atomic E-state index is 13.7. The first-order chi connectivity index (χ1) is 6.60. The maximum Gasteiger partial charge on any atom is 0.122 e. The number of halogens is 1. The van der Waals surface area contributed by atoms with E-state index in [9.17, 15) is 4.39 Å². The van der Waals surface area contributed by atoms with E-state index < -0.39 is 11.7 Å². The molecular weight excluding hydrogens is 177 g/mol. The highest BCUT2D eigenvalue weighted by atomic mass is 19.1. The zero-order chi connectivity index (χ0) is 10.2. The zero-order valence-electron chi connectivity index (χ0n) is 8.46. The molecule has 0 amide bonds. The van der Waals surface area contributed by atoms with Gasteiger partial charge in [-0.15, -0.1) is 0 Å². The van der Waals surface area contributed by atoms with Gasteiger partial charge >= 0.3 is 0 Å². The molecule has 0 aliphatic heterocycles. The fraction of sp³-hybridized carbons (Fsp3) is 0.500. The molecule has 2 N–H and O–H groups in total. The lowest BCUT2D eigenvalue weighted by Crippen LogP contribution is -2.35. The Hall–Kier alpha value is -0.890. The number of aryl methyl sites for hydroxylation is 1. The van der Waals surface area contributed by atoms with Crippen molar-refractivity contribution in [2.75, 3.05) is 0 Å². The van der Waals surface area contributed by atoms with Crippen LogP contribution in [-0.4, -0.2) is 11.7 Å². The smallest absolute Gasteiger partial charge is 0.122 e. The van der Waals surface area contributed by atoms with Crippen LogP contribution in [0.3, 0.4) is 0 Å². The summed E-state index contributed by atoms with van der Waals surface area (Å²) < 4.78 is 13.7. The van der Waals surface area contributed by atoms with Crippen LogP contribution in [0.15, 0.2) is 24.3 Å². The molecule has 76 valence electrons. The predicted octanol–water partition coefficient (Wildman–Crippen LogP) is 2.37. The summed E-state index contributed by atoms with van der Waals surface area (Å²) in [5.74, 6) is 0. The molecule has 1 aliphatic rings. The van der Waals surface area contributed by atoms with Gasteiger partial charge in [0, 0.05) is 12.0 Å². The number of benzene rings is 1. The molecule has 1 nitrogen and oxygen atoms in total. The van der Waals surface area contributed by atoms with E-state index in [1.54, 1.807) is 0 Å². The van der Waals surface area contributed by atoms with Crippen molar-refractivity contribution < 1.29 is 4.39 Å². The molecule has 0 radical (unpaired) electrons. The lowest BCUT2D eigenvalue weighted by Gasteiger charge is -2.15. The van der Waals surface area contributed by atoms with E-state index in [0.29, 0.717) is 6.42 Å². The Morgan fingerprint density at radius 2 is 2.21 bits per heavy atom. The first-order valence-electron chi connectivity index (χ1n) is 5.09. The third kappa shape index (κ3) is 1.95. The second-order valence-electron chi connectivity index (χ2n) is 4.39. The molecule has 1 atom stereocenters. The third-order valence-electron chi connectivity index (χ3n) is 2.95. The van der Waals surface area contributed by atoms with Crippen LogP contribution in [0.5, 0.6) is 0 Å². The standard InChI is InChI=1S/C12H16FN/c1-9-3-2-4-10(7-9)8-11(13)12(14)5-6-12/h2-4,7,11H,5-6,8,14H2,1H3. The summed E-state index contributed by atoms with van der Waals surface area (Å²) in [7, 11) is 0. The number of nitrogens with two attached hydrogens (primary N) is 1. The van der Waals surface area contributed by atoms with E-state index in [2.05, 4.69) is 0 Å². The van der Waals surface area contributed by atoms with Gasteiger partial charge in [-0.2, -0.15) is 0 Å². The van der Waals surface area contributed by atoms with E-state index in [4.69, 9.17) is 5.73 Å². The molecule has 0 spiro atoms. The minimum atomic E-state index is -0.885. The fourth-order valence-electron chi connectivity index (χ4n) is 1.71. The van der Waals surface area contributed by atoms with Gasteiger partial charge in [0.2, 0.25) is 0 Å². The monoisotopic (exact) mass is 193 g/mol. The fourth-order valence-corrected chi connectivity index (χ4v) is 1.71. The van der Waals surface area contributed by atoms with Gasteiger partial charge in [-0.1, -0.05) is 29.8 Å². The second kappa shape index (κ2) is 3.35. The first kappa shape index (κ1) is 9.66. The summed E-state index contributed by atoms with van der Waals surface area (Å²) in [5, 5.41) is 0. The summed E-state index contributed by atoms with van der Waals surface area (Å²) in [5.41, 5.74) is 7.52. The Kier molecular flexibility index (Phi) is 2.31. The van der Waals surface area contributed by atoms with Crippen molar-refractivity contribution >= 4 is 0 Å². The molecule has 0 bridgehead atoms. The molecule has 0 saturated heterocycles. The van der Waals surface area contributed by atoms with Gasteiger partial charge in [-0.05, 0) is 25.3 Å². The molecule has 1 unspecified atom stereocenters. The Morgan fingerprint density at radius 1 is 1.50 bits per heavy atom. The number of alkyl halides is 1. The van der Waals surface area contributed by atoms with Crippen molar-refractivity contribution in [3.05, 3.63) is 35.4 Å². The van der Waals surface area contributed by atoms with Crippen LogP contribution in [0, 0.1) is 6.92 Å². The van der Waals surface area contributed by atoms with Gasteiger partial charge in [0.05, 0.1) is 0 Å². The van der Waals surface area contributed by atoms with Crippen molar-refractivity contribution in [1.82, 2.24) is 0 Å². The van der Waals surface area contributed by atoms with Crippen molar-refractivity contribution in [2.45, 2.75) is 37.9 Å². The van der Waals surface area contributed by atoms with Crippen molar-refractivity contribution in [2.24, 2.45) is 5.73 Å². The molecule has 1 fully saturated rings. The summed E-state index contributed by atoms with van der Waals surface area (Å²) in [6.07, 6.45) is 1.24. The largest absolute Gasteiger partial charge is 0.323 e. The van der Waals surface area contributed by atoms with Crippen LogP contribution in [-0.2, 0) is 6.42 Å². The molecule has 2 rings (SSSR count). The van der Waals surface area contributed by atoms with Crippen LogP contribution < -0.4 is 5.73 Å². The quantitative estimate of drug-likeness (QED) is 0.783. The number of hydrogen-bond donors (Lipinski definition) is 1. The molecular formula is C12H16FN. The molecule has 1 aliphatic carbocycles. The van der Waals surface area contributed by atoms with Crippen LogP contribution in [0.4, 0.5) is 4.39 Å². The molecule has 1 aromatic carbocycles. The van der Waals surface area contributed by atoms with E-state index in [1.165, 1.54) is 5.56 Å². The highest BCUT2D eigenvalue weighted by Crippen LogP contribution is 2.38. The minimum absolute atomic E-state index is 0.457. The van der Waals surface area contributed by atoms with Gasteiger partial charge in [0.25, 0.3) is 0 Å². The summed E-state index contributed by atoms with van der Waals surface area (Å²) in [4.78, 5) is 0. The highest BCUT2D eigenvalue weighted by Gasteiger charge is 2.46. The molecule has 14 heavy (non-hydrogen) atoms. The summed E-state index contributed by atoms with van der Waals surface area (Å²) in [6, 6.07) is 7.98. The van der Waals surface area contributed by atoms with Gasteiger partial charge in [-0.3, -0.25) is 0 Å². The van der Waals surface area contributed by atoms with Crippen molar-refractivity contribution in [3.63, 3.8) is 0 Å². The highest BCUT2D eigenvalue weighted by molar-refractivity contribution is 5.24. The number of hydrogen-bond acceptors (Lipinski definition) is 1. The maximum absolute atomic E-state index is 13.7. The second-order valence-corrected chi connectivity index (χ2v) is 4.39. The molecule has 1 aromatic rings. The van der Waals surface area contributed by atoms with Crippen molar-refractivity contribution in [1.29, 1.82) is 0 Å². The average Bonchev–Trinajstić information content (AvgIpc) is 2.85. The van der Waals surface area contributed by atoms with Gasteiger partial charge in [-0.25, -0.2) is 4.39 Å². The Bertz CT molecular complexity index is 331.